The van der Waals surface area contributed by atoms with Crippen LogP contribution in [0.2, 0.25) is 0 Å². The van der Waals surface area contributed by atoms with Crippen molar-refractivity contribution in [3.63, 3.8) is 0 Å². The first-order chi connectivity index (χ1) is 23.4. The maximum Gasteiger partial charge on any atom is 0.295 e. The highest BCUT2D eigenvalue weighted by Crippen LogP contribution is 2.46. The van der Waals surface area contributed by atoms with Crippen LogP contribution in [0.1, 0.15) is 42.9 Å². The van der Waals surface area contributed by atoms with Gasteiger partial charge in [0.2, 0.25) is 11.8 Å². The lowest BCUT2D eigenvalue weighted by Gasteiger charge is -2.46. The van der Waals surface area contributed by atoms with Gasteiger partial charge in [-0.15, -0.1) is 5.10 Å². The molecule has 1 aliphatic carbocycles. The van der Waals surface area contributed by atoms with E-state index in [0.29, 0.717) is 11.3 Å². The second kappa shape index (κ2) is 13.3. The first kappa shape index (κ1) is 33.6. The zero-order valence-corrected chi connectivity index (χ0v) is 26.1. The molecule has 254 valence electrons. The summed E-state index contributed by atoms with van der Waals surface area (Å²) in [5.41, 5.74) is 0.761. The number of hydrogen-bond acceptors (Lipinski definition) is 8. The van der Waals surface area contributed by atoms with Crippen molar-refractivity contribution in [3.8, 4) is 23.5 Å². The van der Waals surface area contributed by atoms with Gasteiger partial charge in [-0.2, -0.15) is 5.10 Å². The van der Waals surface area contributed by atoms with Gasteiger partial charge in [0.15, 0.2) is 11.4 Å². The van der Waals surface area contributed by atoms with E-state index < -0.39 is 71.5 Å². The molecular weight excluding hydrogens is 644 g/mol. The Morgan fingerprint density at radius 3 is 2.51 bits per heavy atom. The summed E-state index contributed by atoms with van der Waals surface area (Å²) in [5, 5.41) is 18.8. The Morgan fingerprint density at radius 1 is 1.06 bits per heavy atom. The lowest BCUT2D eigenvalue weighted by atomic mass is 9.69. The number of benzene rings is 2. The molecule has 2 aliphatic rings. The predicted octanol–water partition coefficient (Wildman–Crippen LogP) is 4.49. The minimum Gasteiger partial charge on any atom is -0.437 e. The molecule has 0 radical (unpaired) electrons. The molecule has 4 atom stereocenters. The number of alkyl halides is 3. The van der Waals surface area contributed by atoms with E-state index in [1.165, 1.54) is 18.3 Å². The Labute approximate surface area is 278 Å². The number of nitrogens with zero attached hydrogens (tertiary/aromatic N) is 5. The van der Waals surface area contributed by atoms with E-state index in [9.17, 15) is 19.1 Å². The van der Waals surface area contributed by atoms with E-state index in [1.54, 1.807) is 42.5 Å². The number of likely N-dealkylation sites (tertiary alicyclic amines) is 1. The van der Waals surface area contributed by atoms with Crippen LogP contribution in [-0.4, -0.2) is 65.9 Å². The van der Waals surface area contributed by atoms with Gasteiger partial charge in [0.25, 0.3) is 11.5 Å². The van der Waals surface area contributed by atoms with E-state index in [-0.39, 0.29) is 37.4 Å². The van der Waals surface area contributed by atoms with Gasteiger partial charge in [0.05, 0.1) is 13.1 Å². The summed E-state index contributed by atoms with van der Waals surface area (Å²) in [6.07, 6.45) is 1.67. The fourth-order valence-electron chi connectivity index (χ4n) is 6.35. The third kappa shape index (κ3) is 7.12. The Kier molecular flexibility index (Phi) is 9.13. The number of anilines is 1. The highest BCUT2D eigenvalue weighted by molar-refractivity contribution is 5.80. The molecule has 1 amide bonds. The van der Waals surface area contributed by atoms with Gasteiger partial charge in [-0.25, -0.2) is 22.5 Å². The van der Waals surface area contributed by atoms with Gasteiger partial charge in [-0.3, -0.25) is 14.2 Å². The van der Waals surface area contributed by atoms with Crippen LogP contribution in [0.3, 0.4) is 0 Å². The van der Waals surface area contributed by atoms with E-state index in [0.717, 1.165) is 27.9 Å². The molecule has 1 aliphatic heterocycles. The maximum absolute atomic E-state index is 16.2. The largest absolute Gasteiger partial charge is 0.437 e. The summed E-state index contributed by atoms with van der Waals surface area (Å²) in [6.45, 7) is -2.21. The van der Waals surface area contributed by atoms with Crippen LogP contribution in [-0.2, 0) is 11.3 Å². The zero-order valence-electron chi connectivity index (χ0n) is 26.1. The number of halogens is 4. The van der Waals surface area contributed by atoms with Gasteiger partial charge in [0, 0.05) is 31.5 Å². The quantitative estimate of drug-likeness (QED) is 0.225. The predicted molar refractivity (Wildman–Crippen MR) is 170 cm³/mol. The fourth-order valence-corrected chi connectivity index (χ4v) is 6.35. The molecule has 0 unspecified atom stereocenters. The fraction of sp³-hybridized carbons (Fsp3) is 0.343. The average molecular weight is 677 g/mol. The third-order valence-electron chi connectivity index (χ3n) is 9.09. The summed E-state index contributed by atoms with van der Waals surface area (Å²) < 4.78 is 67.2. The van der Waals surface area contributed by atoms with E-state index in [2.05, 4.69) is 27.0 Å². The first-order valence-electron chi connectivity index (χ1n) is 15.6. The maximum atomic E-state index is 16.2. The summed E-state index contributed by atoms with van der Waals surface area (Å²) in [6, 6.07) is 16.9. The van der Waals surface area contributed by atoms with E-state index in [4.69, 9.17) is 10.5 Å². The number of nitrogen functional groups attached to an aromatic ring is 1. The highest BCUT2D eigenvalue weighted by atomic mass is 19.3. The van der Waals surface area contributed by atoms with Crippen LogP contribution in [0.5, 0.6) is 11.6 Å². The number of carbonyl (C=O) groups is 1. The molecule has 6 rings (SSSR count). The van der Waals surface area contributed by atoms with E-state index >= 15 is 13.2 Å². The Morgan fingerprint density at radius 2 is 1.82 bits per heavy atom. The summed E-state index contributed by atoms with van der Waals surface area (Å²) in [7, 11) is 0. The second-order valence-corrected chi connectivity index (χ2v) is 12.4. The van der Waals surface area contributed by atoms with Crippen molar-refractivity contribution in [3.05, 3.63) is 107 Å². The molecule has 49 heavy (non-hydrogen) atoms. The molecule has 4 aromatic rings. The average Bonchev–Trinajstić information content (AvgIpc) is 3.10. The number of aliphatic hydroxyl groups is 1. The topological polar surface area (TPSA) is 136 Å². The number of carbonyl (C=O) groups excluding carboxylic acids is 1. The minimum absolute atomic E-state index is 0.0586. The zero-order chi connectivity index (χ0) is 34.8. The third-order valence-corrected chi connectivity index (χ3v) is 9.09. The molecular formula is C35H32F4N6O4. The van der Waals surface area contributed by atoms with Crippen molar-refractivity contribution < 1.29 is 32.2 Å². The van der Waals surface area contributed by atoms with Crippen LogP contribution in [0, 0.1) is 23.6 Å². The number of ether oxygens (including phenoxy) is 1. The van der Waals surface area contributed by atoms with Crippen LogP contribution in [0.25, 0.3) is 0 Å². The van der Waals surface area contributed by atoms with Crippen molar-refractivity contribution in [2.45, 2.75) is 55.3 Å². The molecule has 10 nitrogen and oxygen atoms in total. The lowest BCUT2D eigenvalue weighted by Crippen LogP contribution is -2.64. The molecule has 14 heteroatoms. The van der Waals surface area contributed by atoms with Gasteiger partial charge in [-0.1, -0.05) is 36.3 Å². The molecule has 3 heterocycles. The molecule has 0 bridgehead atoms. The molecule has 1 saturated heterocycles. The molecule has 0 spiro atoms. The number of nitrogens with two attached hydrogens (primary N) is 1. The SMILES string of the molecule is Nc1c(Oc2ccc(F)cc2)ncn(C[C@@]2(O)CCN(C(=O)[C@@H]3CC[C@](F)(C#Cc4cccnn4)C[C@H]3c3ccccc3)CC2(F)F)c1=O. The van der Waals surface area contributed by atoms with E-state index in [1.807, 2.05) is 0 Å². The number of aromatic nitrogens is 4. The van der Waals surface area contributed by atoms with Crippen molar-refractivity contribution >= 4 is 11.6 Å². The Balaban J connectivity index is 1.18. The lowest BCUT2D eigenvalue weighted by molar-refractivity contribution is -0.223. The highest BCUT2D eigenvalue weighted by Gasteiger charge is 2.58. The van der Waals surface area contributed by atoms with Crippen LogP contribution in [0.4, 0.5) is 23.2 Å². The summed E-state index contributed by atoms with van der Waals surface area (Å²) in [5.74, 6) is -1.19. The number of piperidine rings is 1. The van der Waals surface area contributed by atoms with Crippen molar-refractivity contribution in [1.29, 1.82) is 0 Å². The first-order valence-corrected chi connectivity index (χ1v) is 15.6. The summed E-state index contributed by atoms with van der Waals surface area (Å²) in [4.78, 5) is 31.8. The number of rotatable bonds is 6. The number of hydrogen-bond donors (Lipinski definition) is 2. The second-order valence-electron chi connectivity index (χ2n) is 12.4. The van der Waals surface area contributed by atoms with Crippen molar-refractivity contribution in [1.82, 2.24) is 24.6 Å². The van der Waals surface area contributed by atoms with Crippen LogP contribution < -0.4 is 16.0 Å². The van der Waals surface area contributed by atoms with Gasteiger partial charge < -0.3 is 20.5 Å². The monoisotopic (exact) mass is 676 g/mol. The van der Waals surface area contributed by atoms with Gasteiger partial charge in [0.1, 0.15) is 29.2 Å². The molecule has 3 N–H and O–H groups in total. The van der Waals surface area contributed by atoms with Crippen molar-refractivity contribution in [2.75, 3.05) is 18.8 Å². The molecule has 2 aromatic carbocycles. The van der Waals surface area contributed by atoms with Gasteiger partial charge >= 0.3 is 0 Å². The standard InChI is InChI=1S/C35H32F4N6O4/c36-24-8-10-26(11-9-24)49-30-29(40)32(47)45(22-41-30)20-34(48)16-18-44(21-35(34,38)39)31(46)27-13-15-33(37,14-12-25-7-4-17-42-43-25)19-28(27)23-5-2-1-3-6-23/h1-11,17,22,27-28,48H,13,15-16,18-21,40H2/t27-,28+,33-,34+/m1/s1. The van der Waals surface area contributed by atoms with Gasteiger partial charge in [-0.05, 0) is 66.6 Å². The normalized spacial score (nSPS) is 24.8. The Bertz CT molecular complexity index is 1940. The van der Waals surface area contributed by atoms with Crippen LogP contribution >= 0.6 is 0 Å². The summed E-state index contributed by atoms with van der Waals surface area (Å²) >= 11 is 0. The van der Waals surface area contributed by atoms with Crippen LogP contribution in [0.15, 0.2) is 84.0 Å². The molecule has 1 saturated carbocycles. The number of amides is 1. The molecule has 2 fully saturated rings. The smallest absolute Gasteiger partial charge is 0.295 e. The molecule has 2 aromatic heterocycles. The minimum atomic E-state index is -3.85. The van der Waals surface area contributed by atoms with Crippen molar-refractivity contribution in [2.24, 2.45) is 5.92 Å². The Hall–Kier alpha value is -5.29.